The van der Waals surface area contributed by atoms with Crippen LogP contribution in [0.3, 0.4) is 0 Å². The lowest BCUT2D eigenvalue weighted by Gasteiger charge is -2.34. The second-order valence-electron chi connectivity index (χ2n) is 4.21. The molecule has 0 fully saturated rings. The molecule has 0 radical (unpaired) electrons. The predicted octanol–water partition coefficient (Wildman–Crippen LogP) is 4.67. The van der Waals surface area contributed by atoms with Gasteiger partial charge >= 0.3 is 0 Å². The zero-order valence-electron chi connectivity index (χ0n) is 10.1. The van der Waals surface area contributed by atoms with Gasteiger partial charge in [-0.1, -0.05) is 37.0 Å². The molecule has 0 saturated heterocycles. The third-order valence-electron chi connectivity index (χ3n) is 3.20. The maximum Gasteiger partial charge on any atom is 0.0458 e. The van der Waals surface area contributed by atoms with Crippen molar-refractivity contribution in [3.63, 3.8) is 0 Å². The molecule has 0 aromatic heterocycles. The third kappa shape index (κ3) is 2.60. The standard InChI is InChI=1S/C13H17Cl2NS/c1-3-11-13(16-4-2)12-8(7-17-11)9(14)5-6-10(12)15/h5-6,11,13,16H,3-4,7H2,1-2H3. The number of nitrogens with one attached hydrogen (secondary N) is 1. The van der Waals surface area contributed by atoms with Gasteiger partial charge in [-0.3, -0.25) is 0 Å². The summed E-state index contributed by atoms with van der Waals surface area (Å²) >= 11 is 14.6. The lowest BCUT2D eigenvalue weighted by Crippen LogP contribution is -2.33. The van der Waals surface area contributed by atoms with Crippen molar-refractivity contribution < 1.29 is 0 Å². The van der Waals surface area contributed by atoms with E-state index in [2.05, 4.69) is 19.2 Å². The molecule has 2 unspecified atom stereocenters. The van der Waals surface area contributed by atoms with Gasteiger partial charge in [-0.25, -0.2) is 0 Å². The van der Waals surface area contributed by atoms with Gasteiger partial charge in [-0.15, -0.1) is 0 Å². The van der Waals surface area contributed by atoms with Crippen LogP contribution in [-0.4, -0.2) is 11.8 Å². The molecule has 0 amide bonds. The van der Waals surface area contributed by atoms with E-state index >= 15 is 0 Å². The highest BCUT2D eigenvalue weighted by Crippen LogP contribution is 2.44. The van der Waals surface area contributed by atoms with Gasteiger partial charge in [-0.05, 0) is 36.2 Å². The van der Waals surface area contributed by atoms with Gasteiger partial charge < -0.3 is 5.32 Å². The van der Waals surface area contributed by atoms with Crippen LogP contribution in [0.4, 0.5) is 0 Å². The minimum Gasteiger partial charge on any atom is -0.309 e. The average Bonchev–Trinajstić information content (AvgIpc) is 2.34. The first kappa shape index (κ1) is 13.5. The van der Waals surface area contributed by atoms with Crippen LogP contribution in [0.25, 0.3) is 0 Å². The van der Waals surface area contributed by atoms with Gasteiger partial charge in [0.05, 0.1) is 0 Å². The first-order chi connectivity index (χ1) is 8.19. The monoisotopic (exact) mass is 289 g/mol. The van der Waals surface area contributed by atoms with Crippen molar-refractivity contribution in [3.05, 3.63) is 33.3 Å². The summed E-state index contributed by atoms with van der Waals surface area (Å²) in [5.41, 5.74) is 2.42. The van der Waals surface area contributed by atoms with Gasteiger partial charge in [0.2, 0.25) is 0 Å². The smallest absolute Gasteiger partial charge is 0.0458 e. The van der Waals surface area contributed by atoms with Crippen molar-refractivity contribution in [2.24, 2.45) is 0 Å². The Labute approximate surface area is 117 Å². The molecule has 17 heavy (non-hydrogen) atoms. The van der Waals surface area contributed by atoms with Crippen LogP contribution in [0.2, 0.25) is 10.0 Å². The highest BCUT2D eigenvalue weighted by atomic mass is 35.5. The Morgan fingerprint density at radius 1 is 1.29 bits per heavy atom. The van der Waals surface area contributed by atoms with Gasteiger partial charge in [0.25, 0.3) is 0 Å². The summed E-state index contributed by atoms with van der Waals surface area (Å²) in [5.74, 6) is 0.967. The van der Waals surface area contributed by atoms with Crippen molar-refractivity contribution in [3.8, 4) is 0 Å². The molecular weight excluding hydrogens is 273 g/mol. The number of benzene rings is 1. The van der Waals surface area contributed by atoms with Crippen LogP contribution >= 0.6 is 35.0 Å². The molecule has 1 heterocycles. The fraction of sp³-hybridized carbons (Fsp3) is 0.538. The summed E-state index contributed by atoms with van der Waals surface area (Å²) < 4.78 is 0. The minimum absolute atomic E-state index is 0.324. The molecule has 1 aliphatic heterocycles. The maximum atomic E-state index is 6.36. The number of rotatable bonds is 3. The van der Waals surface area contributed by atoms with Gasteiger partial charge in [-0.2, -0.15) is 11.8 Å². The summed E-state index contributed by atoms with van der Waals surface area (Å²) in [4.78, 5) is 0. The fourth-order valence-corrected chi connectivity index (χ4v) is 4.33. The van der Waals surface area contributed by atoms with Gasteiger partial charge in [0.15, 0.2) is 0 Å². The summed E-state index contributed by atoms with van der Waals surface area (Å²) in [5, 5.41) is 5.81. The molecule has 1 nitrogen and oxygen atoms in total. The Bertz CT molecular complexity index is 409. The average molecular weight is 290 g/mol. The lowest BCUT2D eigenvalue weighted by molar-refractivity contribution is 0.514. The van der Waals surface area contributed by atoms with E-state index < -0.39 is 0 Å². The number of hydrogen-bond donors (Lipinski definition) is 1. The SMILES string of the molecule is CCNC1c2c(Cl)ccc(Cl)c2CSC1CC. The van der Waals surface area contributed by atoms with Crippen LogP contribution in [0, 0.1) is 0 Å². The highest BCUT2D eigenvalue weighted by molar-refractivity contribution is 7.99. The molecule has 0 aliphatic carbocycles. The van der Waals surface area contributed by atoms with E-state index in [4.69, 9.17) is 23.2 Å². The number of hydrogen-bond acceptors (Lipinski definition) is 2. The Balaban J connectivity index is 2.47. The van der Waals surface area contributed by atoms with Crippen LogP contribution in [-0.2, 0) is 5.75 Å². The molecule has 0 bridgehead atoms. The molecule has 94 valence electrons. The Morgan fingerprint density at radius 2 is 2.00 bits per heavy atom. The van der Waals surface area contributed by atoms with Crippen LogP contribution in [0.1, 0.15) is 37.4 Å². The minimum atomic E-state index is 0.324. The van der Waals surface area contributed by atoms with Gasteiger partial charge in [0, 0.05) is 27.1 Å². The molecule has 1 aliphatic rings. The molecule has 2 rings (SSSR count). The summed E-state index contributed by atoms with van der Waals surface area (Å²) in [6, 6.07) is 4.14. The Morgan fingerprint density at radius 3 is 2.65 bits per heavy atom. The van der Waals surface area contributed by atoms with E-state index in [1.807, 2.05) is 23.9 Å². The first-order valence-electron chi connectivity index (χ1n) is 6.00. The van der Waals surface area contributed by atoms with Crippen molar-refractivity contribution >= 4 is 35.0 Å². The second kappa shape index (κ2) is 5.83. The summed E-state index contributed by atoms with van der Waals surface area (Å²) in [7, 11) is 0. The van der Waals surface area contributed by atoms with Gasteiger partial charge in [0.1, 0.15) is 0 Å². The van der Waals surface area contributed by atoms with E-state index in [0.717, 1.165) is 28.8 Å². The predicted molar refractivity (Wildman–Crippen MR) is 78.3 cm³/mol. The highest BCUT2D eigenvalue weighted by Gasteiger charge is 2.31. The first-order valence-corrected chi connectivity index (χ1v) is 7.81. The Hall–Kier alpha value is 0.110. The van der Waals surface area contributed by atoms with Crippen LogP contribution in [0.15, 0.2) is 12.1 Å². The van der Waals surface area contributed by atoms with E-state index in [-0.39, 0.29) is 0 Å². The van der Waals surface area contributed by atoms with E-state index in [1.54, 1.807) is 0 Å². The molecule has 1 aromatic carbocycles. The maximum absolute atomic E-state index is 6.36. The zero-order valence-corrected chi connectivity index (χ0v) is 12.4. The number of halogens is 2. The van der Waals surface area contributed by atoms with Crippen molar-refractivity contribution in [2.75, 3.05) is 6.54 Å². The number of thioether (sulfide) groups is 1. The van der Waals surface area contributed by atoms with E-state index in [0.29, 0.717) is 11.3 Å². The summed E-state index contributed by atoms with van der Waals surface area (Å²) in [6.07, 6.45) is 1.14. The van der Waals surface area contributed by atoms with Crippen molar-refractivity contribution in [1.82, 2.24) is 5.32 Å². The van der Waals surface area contributed by atoms with E-state index in [9.17, 15) is 0 Å². The Kier molecular flexibility index (Phi) is 4.65. The molecule has 0 saturated carbocycles. The largest absolute Gasteiger partial charge is 0.309 e. The van der Waals surface area contributed by atoms with Crippen LogP contribution in [0.5, 0.6) is 0 Å². The van der Waals surface area contributed by atoms with Crippen LogP contribution < -0.4 is 5.32 Å². The zero-order chi connectivity index (χ0) is 12.4. The summed E-state index contributed by atoms with van der Waals surface area (Å²) in [6.45, 7) is 5.31. The molecule has 1 aromatic rings. The van der Waals surface area contributed by atoms with Crippen molar-refractivity contribution in [2.45, 2.75) is 37.3 Å². The molecule has 4 heteroatoms. The lowest BCUT2D eigenvalue weighted by atomic mass is 9.96. The van der Waals surface area contributed by atoms with Crippen molar-refractivity contribution in [1.29, 1.82) is 0 Å². The second-order valence-corrected chi connectivity index (χ2v) is 6.26. The normalized spacial score (nSPS) is 23.5. The molecule has 0 spiro atoms. The molecular formula is C13H17Cl2NS. The topological polar surface area (TPSA) is 12.0 Å². The molecule has 2 atom stereocenters. The van der Waals surface area contributed by atoms with E-state index in [1.165, 1.54) is 11.1 Å². The quantitative estimate of drug-likeness (QED) is 0.868. The third-order valence-corrected chi connectivity index (χ3v) is 5.37. The fourth-order valence-electron chi connectivity index (χ4n) is 2.37. The number of fused-ring (bicyclic) bond motifs is 1. The molecule has 1 N–H and O–H groups in total.